The number of fused-ring (bicyclic) bond motifs is 1. The Hall–Kier alpha value is -1.38. The van der Waals surface area contributed by atoms with E-state index in [0.717, 1.165) is 10.9 Å². The van der Waals surface area contributed by atoms with E-state index < -0.39 is 0 Å². The molecule has 0 radical (unpaired) electrons. The molecule has 0 N–H and O–H groups in total. The van der Waals surface area contributed by atoms with Gasteiger partial charge in [0.05, 0.1) is 11.7 Å². The monoisotopic (exact) mass is 163 g/mol. The summed E-state index contributed by atoms with van der Waals surface area (Å²) >= 11 is 0. The summed E-state index contributed by atoms with van der Waals surface area (Å²) in [5.74, 6) is 0. The molecule has 2 heterocycles. The van der Waals surface area contributed by atoms with Gasteiger partial charge in [0.2, 0.25) is 0 Å². The smallest absolute Gasteiger partial charge is 0.0709 e. The van der Waals surface area contributed by atoms with Crippen molar-refractivity contribution in [2.75, 3.05) is 0 Å². The highest BCUT2D eigenvalue weighted by atomic mass is 15.2. The Morgan fingerprint density at radius 2 is 2.00 bits per heavy atom. The molecule has 3 heteroatoms. The third-order valence-electron chi connectivity index (χ3n) is 1.55. The molecule has 0 aliphatic carbocycles. The second-order valence-electron chi connectivity index (χ2n) is 2.20. The van der Waals surface area contributed by atoms with Crippen molar-refractivity contribution < 1.29 is 0 Å². The molecule has 2 aromatic heterocycles. The van der Waals surface area contributed by atoms with E-state index in [1.807, 2.05) is 44.0 Å². The first-order chi connectivity index (χ1) is 5.88. The van der Waals surface area contributed by atoms with Crippen LogP contribution in [-0.2, 0) is 7.05 Å². The Balaban J connectivity index is 0.000000336. The van der Waals surface area contributed by atoms with E-state index in [2.05, 4.69) is 10.1 Å². The first-order valence-corrected chi connectivity index (χ1v) is 4.09. The second kappa shape index (κ2) is 3.85. The van der Waals surface area contributed by atoms with E-state index in [1.165, 1.54) is 0 Å². The van der Waals surface area contributed by atoms with Crippen molar-refractivity contribution in [3.05, 3.63) is 24.7 Å². The molecular formula is C9H13N3. The first-order valence-electron chi connectivity index (χ1n) is 4.09. The normalized spacial score (nSPS) is 9.25. The SMILES string of the molecule is CC.Cn1ncc2cnccc21. The summed E-state index contributed by atoms with van der Waals surface area (Å²) in [6.45, 7) is 4.00. The van der Waals surface area contributed by atoms with Gasteiger partial charge in [-0.3, -0.25) is 9.67 Å². The summed E-state index contributed by atoms with van der Waals surface area (Å²) in [6.07, 6.45) is 5.38. The van der Waals surface area contributed by atoms with Gasteiger partial charge in [-0.2, -0.15) is 5.10 Å². The predicted molar refractivity (Wildman–Crippen MR) is 49.9 cm³/mol. The number of nitrogens with zero attached hydrogens (tertiary/aromatic N) is 3. The third-order valence-corrected chi connectivity index (χ3v) is 1.55. The largest absolute Gasteiger partial charge is 0.268 e. The molecule has 0 unspecified atom stereocenters. The van der Waals surface area contributed by atoms with Gasteiger partial charge in [-0.15, -0.1) is 0 Å². The standard InChI is InChI=1S/C7H7N3.C2H6/c1-10-7-2-3-8-4-6(7)5-9-10;1-2/h2-5H,1H3;1-2H3. The second-order valence-corrected chi connectivity index (χ2v) is 2.20. The van der Waals surface area contributed by atoms with Crippen molar-refractivity contribution in [1.29, 1.82) is 0 Å². The molecule has 0 atom stereocenters. The Morgan fingerprint density at radius 1 is 1.25 bits per heavy atom. The minimum atomic E-state index is 1.09. The van der Waals surface area contributed by atoms with Crippen LogP contribution in [0.25, 0.3) is 10.9 Å². The Bertz CT molecular complexity index is 351. The molecule has 0 bridgehead atoms. The minimum Gasteiger partial charge on any atom is -0.268 e. The van der Waals surface area contributed by atoms with Crippen LogP contribution < -0.4 is 0 Å². The Kier molecular flexibility index (Phi) is 2.80. The molecule has 2 rings (SSSR count). The zero-order chi connectivity index (χ0) is 8.97. The number of aromatic nitrogens is 3. The molecule has 12 heavy (non-hydrogen) atoms. The number of pyridine rings is 1. The van der Waals surface area contributed by atoms with Crippen LogP contribution in [0.2, 0.25) is 0 Å². The fraction of sp³-hybridized carbons (Fsp3) is 0.333. The average Bonchev–Trinajstić information content (AvgIpc) is 2.53. The van der Waals surface area contributed by atoms with Crippen LogP contribution in [-0.4, -0.2) is 14.8 Å². The lowest BCUT2D eigenvalue weighted by atomic mass is 10.3. The van der Waals surface area contributed by atoms with Gasteiger partial charge in [0.15, 0.2) is 0 Å². The molecule has 64 valence electrons. The van der Waals surface area contributed by atoms with Gasteiger partial charge in [0.1, 0.15) is 0 Å². The molecule has 0 saturated heterocycles. The summed E-state index contributed by atoms with van der Waals surface area (Å²) in [5.41, 5.74) is 1.12. The highest BCUT2D eigenvalue weighted by Gasteiger charge is 1.94. The summed E-state index contributed by atoms with van der Waals surface area (Å²) in [5, 5.41) is 5.16. The lowest BCUT2D eigenvalue weighted by Crippen LogP contribution is -1.87. The molecule has 0 fully saturated rings. The zero-order valence-electron chi connectivity index (χ0n) is 7.65. The van der Waals surface area contributed by atoms with E-state index in [9.17, 15) is 0 Å². The van der Waals surface area contributed by atoms with Gasteiger partial charge in [-0.1, -0.05) is 13.8 Å². The number of aryl methyl sites for hydroxylation is 1. The van der Waals surface area contributed by atoms with E-state index in [4.69, 9.17) is 0 Å². The first kappa shape index (κ1) is 8.71. The van der Waals surface area contributed by atoms with Crippen LogP contribution in [0, 0.1) is 0 Å². The Labute approximate surface area is 72.0 Å². The topological polar surface area (TPSA) is 30.7 Å². The zero-order valence-corrected chi connectivity index (χ0v) is 7.65. The molecule has 0 aliphatic heterocycles. The van der Waals surface area contributed by atoms with Crippen molar-refractivity contribution >= 4 is 10.9 Å². The predicted octanol–water partition coefficient (Wildman–Crippen LogP) is 1.99. The molecule has 3 nitrogen and oxygen atoms in total. The number of hydrogen-bond donors (Lipinski definition) is 0. The number of rotatable bonds is 0. The van der Waals surface area contributed by atoms with E-state index in [-0.39, 0.29) is 0 Å². The maximum Gasteiger partial charge on any atom is 0.0709 e. The van der Waals surface area contributed by atoms with E-state index >= 15 is 0 Å². The highest BCUT2D eigenvalue weighted by Crippen LogP contribution is 2.08. The van der Waals surface area contributed by atoms with E-state index in [0.29, 0.717) is 0 Å². The fourth-order valence-corrected chi connectivity index (χ4v) is 1.00. The van der Waals surface area contributed by atoms with Crippen LogP contribution >= 0.6 is 0 Å². The van der Waals surface area contributed by atoms with Crippen LogP contribution in [0.5, 0.6) is 0 Å². The minimum absolute atomic E-state index is 1.09. The highest BCUT2D eigenvalue weighted by molar-refractivity contribution is 5.76. The van der Waals surface area contributed by atoms with Crippen LogP contribution in [0.3, 0.4) is 0 Å². The Morgan fingerprint density at radius 3 is 2.67 bits per heavy atom. The molecule has 0 aliphatic rings. The van der Waals surface area contributed by atoms with Crippen molar-refractivity contribution in [2.24, 2.45) is 7.05 Å². The molecule has 2 aromatic rings. The van der Waals surface area contributed by atoms with Crippen molar-refractivity contribution in [3.63, 3.8) is 0 Å². The van der Waals surface area contributed by atoms with E-state index in [1.54, 1.807) is 6.20 Å². The summed E-state index contributed by atoms with van der Waals surface area (Å²) < 4.78 is 1.83. The van der Waals surface area contributed by atoms with Gasteiger partial charge >= 0.3 is 0 Å². The van der Waals surface area contributed by atoms with Crippen molar-refractivity contribution in [3.8, 4) is 0 Å². The van der Waals surface area contributed by atoms with Crippen LogP contribution in [0.1, 0.15) is 13.8 Å². The van der Waals surface area contributed by atoms with Gasteiger partial charge in [-0.25, -0.2) is 0 Å². The summed E-state index contributed by atoms with van der Waals surface area (Å²) in [7, 11) is 1.92. The van der Waals surface area contributed by atoms with Crippen molar-refractivity contribution in [2.45, 2.75) is 13.8 Å². The third kappa shape index (κ3) is 1.44. The summed E-state index contributed by atoms with van der Waals surface area (Å²) in [4.78, 5) is 3.97. The van der Waals surface area contributed by atoms with Gasteiger partial charge < -0.3 is 0 Å². The lowest BCUT2D eigenvalue weighted by Gasteiger charge is -1.89. The maximum absolute atomic E-state index is 4.07. The van der Waals surface area contributed by atoms with Gasteiger partial charge in [-0.05, 0) is 6.07 Å². The lowest BCUT2D eigenvalue weighted by molar-refractivity contribution is 0.797. The molecule has 0 amide bonds. The van der Waals surface area contributed by atoms with Crippen LogP contribution in [0.4, 0.5) is 0 Å². The maximum atomic E-state index is 4.07. The molecular weight excluding hydrogens is 150 g/mol. The molecule has 0 spiro atoms. The number of hydrogen-bond acceptors (Lipinski definition) is 2. The molecule has 0 aromatic carbocycles. The quantitative estimate of drug-likeness (QED) is 0.594. The fourth-order valence-electron chi connectivity index (χ4n) is 1.00. The molecule has 0 saturated carbocycles. The average molecular weight is 163 g/mol. The van der Waals surface area contributed by atoms with Crippen molar-refractivity contribution in [1.82, 2.24) is 14.8 Å². The van der Waals surface area contributed by atoms with Crippen LogP contribution in [0.15, 0.2) is 24.7 Å². The van der Waals surface area contributed by atoms with Gasteiger partial charge in [0.25, 0.3) is 0 Å². The van der Waals surface area contributed by atoms with Gasteiger partial charge in [0, 0.05) is 24.8 Å². The summed E-state index contributed by atoms with van der Waals surface area (Å²) in [6, 6.07) is 1.95.